The highest BCUT2D eigenvalue weighted by Crippen LogP contribution is 2.23. The summed E-state index contributed by atoms with van der Waals surface area (Å²) in [6.45, 7) is 4.08. The fourth-order valence-corrected chi connectivity index (χ4v) is 2.84. The minimum absolute atomic E-state index is 0.181. The molecular weight excluding hydrogens is 214 g/mol. The zero-order valence-electron chi connectivity index (χ0n) is 9.52. The first kappa shape index (κ1) is 12.9. The van der Waals surface area contributed by atoms with E-state index in [-0.39, 0.29) is 18.4 Å². The molecule has 1 fully saturated rings. The van der Waals surface area contributed by atoms with Gasteiger partial charge in [0.05, 0.1) is 12.4 Å². The van der Waals surface area contributed by atoms with Crippen LogP contribution in [0.25, 0.3) is 0 Å². The second kappa shape index (κ2) is 5.27. The third-order valence-corrected chi connectivity index (χ3v) is 4.18. The monoisotopic (exact) mass is 235 g/mol. The number of nitrogens with zero attached hydrogens (tertiary/aromatic N) is 1. The quantitative estimate of drug-likeness (QED) is 0.735. The molecule has 0 aromatic heterocycles. The second-order valence-electron chi connectivity index (χ2n) is 4.54. The van der Waals surface area contributed by atoms with Crippen molar-refractivity contribution in [3.8, 4) is 0 Å². The topological polar surface area (TPSA) is 57.6 Å². The summed E-state index contributed by atoms with van der Waals surface area (Å²) in [4.78, 5) is 2.20. The van der Waals surface area contributed by atoms with E-state index in [4.69, 9.17) is 0 Å². The fraction of sp³-hybridized carbons (Fsp3) is 1.00. The molecule has 1 N–H and O–H groups in total. The van der Waals surface area contributed by atoms with Crippen LogP contribution in [0, 0.1) is 5.92 Å². The zero-order chi connectivity index (χ0) is 11.5. The van der Waals surface area contributed by atoms with Crippen molar-refractivity contribution in [1.82, 2.24) is 4.90 Å². The van der Waals surface area contributed by atoms with Crippen LogP contribution in [0.15, 0.2) is 0 Å². The first-order valence-electron chi connectivity index (χ1n) is 5.46. The lowest BCUT2D eigenvalue weighted by atomic mass is 10.0. The van der Waals surface area contributed by atoms with E-state index in [9.17, 15) is 13.5 Å². The third kappa shape index (κ3) is 4.09. The standard InChI is InChI=1S/C10H21NO3S/c1-9-4-6-11(10(9)8-12)5-3-7-15(2,13)14/h9-10,12H,3-8H2,1-2H3. The summed E-state index contributed by atoms with van der Waals surface area (Å²) < 4.78 is 21.9. The van der Waals surface area contributed by atoms with E-state index in [0.29, 0.717) is 12.3 Å². The van der Waals surface area contributed by atoms with Gasteiger partial charge in [-0.15, -0.1) is 0 Å². The minimum atomic E-state index is -2.84. The summed E-state index contributed by atoms with van der Waals surface area (Å²) in [5.41, 5.74) is 0. The van der Waals surface area contributed by atoms with Crippen molar-refractivity contribution in [2.75, 3.05) is 31.7 Å². The predicted octanol–water partition coefficient (Wildman–Crippen LogP) is 0.124. The molecule has 0 saturated carbocycles. The Kier molecular flexibility index (Phi) is 4.55. The number of sulfone groups is 1. The van der Waals surface area contributed by atoms with Gasteiger partial charge >= 0.3 is 0 Å². The fourth-order valence-electron chi connectivity index (χ4n) is 2.19. The van der Waals surface area contributed by atoms with Crippen molar-refractivity contribution < 1.29 is 13.5 Å². The van der Waals surface area contributed by atoms with Crippen LogP contribution in [-0.4, -0.2) is 56.2 Å². The van der Waals surface area contributed by atoms with E-state index in [1.165, 1.54) is 6.26 Å². The Labute approximate surface area is 92.2 Å². The summed E-state index contributed by atoms with van der Waals surface area (Å²) in [5, 5.41) is 9.21. The first-order chi connectivity index (χ1) is 6.94. The van der Waals surface area contributed by atoms with Gasteiger partial charge in [-0.05, 0) is 31.8 Å². The van der Waals surface area contributed by atoms with Crippen LogP contribution in [0.5, 0.6) is 0 Å². The highest BCUT2D eigenvalue weighted by atomic mass is 32.2. The van der Waals surface area contributed by atoms with Crippen molar-refractivity contribution in [1.29, 1.82) is 0 Å². The van der Waals surface area contributed by atoms with Crippen molar-refractivity contribution in [2.24, 2.45) is 5.92 Å². The average Bonchev–Trinajstić information content (AvgIpc) is 2.44. The molecule has 1 aliphatic rings. The van der Waals surface area contributed by atoms with Crippen LogP contribution >= 0.6 is 0 Å². The van der Waals surface area contributed by atoms with Gasteiger partial charge in [0.25, 0.3) is 0 Å². The van der Waals surface area contributed by atoms with Gasteiger partial charge < -0.3 is 5.11 Å². The first-order valence-corrected chi connectivity index (χ1v) is 7.52. The normalized spacial score (nSPS) is 28.5. The van der Waals surface area contributed by atoms with Crippen molar-refractivity contribution in [2.45, 2.75) is 25.8 Å². The van der Waals surface area contributed by atoms with E-state index >= 15 is 0 Å². The molecule has 0 aromatic rings. The number of likely N-dealkylation sites (tertiary alicyclic amines) is 1. The van der Waals surface area contributed by atoms with Crippen molar-refractivity contribution in [3.05, 3.63) is 0 Å². The number of aliphatic hydroxyl groups is 1. The molecule has 4 nitrogen and oxygen atoms in total. The number of aliphatic hydroxyl groups excluding tert-OH is 1. The average molecular weight is 235 g/mol. The van der Waals surface area contributed by atoms with Crippen LogP contribution in [0.2, 0.25) is 0 Å². The van der Waals surface area contributed by atoms with Crippen molar-refractivity contribution in [3.63, 3.8) is 0 Å². The number of rotatable bonds is 5. The van der Waals surface area contributed by atoms with Gasteiger partial charge in [0, 0.05) is 12.3 Å². The Morgan fingerprint density at radius 2 is 2.13 bits per heavy atom. The van der Waals surface area contributed by atoms with Crippen LogP contribution < -0.4 is 0 Å². The zero-order valence-corrected chi connectivity index (χ0v) is 10.3. The Bertz CT molecular complexity index is 289. The third-order valence-electron chi connectivity index (χ3n) is 3.15. The summed E-state index contributed by atoms with van der Waals surface area (Å²) in [7, 11) is -2.84. The number of hydrogen-bond acceptors (Lipinski definition) is 4. The molecule has 0 aromatic carbocycles. The predicted molar refractivity (Wildman–Crippen MR) is 60.6 cm³/mol. The second-order valence-corrected chi connectivity index (χ2v) is 6.80. The lowest BCUT2D eigenvalue weighted by Gasteiger charge is -2.24. The highest BCUT2D eigenvalue weighted by Gasteiger charge is 2.29. The van der Waals surface area contributed by atoms with Crippen LogP contribution in [0.1, 0.15) is 19.8 Å². The largest absolute Gasteiger partial charge is 0.395 e. The molecule has 0 spiro atoms. The Balaban J connectivity index is 2.33. The summed E-state index contributed by atoms with van der Waals surface area (Å²) in [6, 6.07) is 0.226. The maximum absolute atomic E-state index is 11.0. The van der Waals surface area contributed by atoms with Gasteiger partial charge in [-0.2, -0.15) is 0 Å². The summed E-state index contributed by atoms with van der Waals surface area (Å²) in [5.74, 6) is 0.768. The molecule has 1 heterocycles. The molecule has 1 saturated heterocycles. The molecule has 2 unspecified atom stereocenters. The van der Waals surface area contributed by atoms with E-state index in [2.05, 4.69) is 11.8 Å². The number of hydrogen-bond donors (Lipinski definition) is 1. The molecular formula is C10H21NO3S. The van der Waals surface area contributed by atoms with Crippen LogP contribution in [0.3, 0.4) is 0 Å². The molecule has 15 heavy (non-hydrogen) atoms. The van der Waals surface area contributed by atoms with Gasteiger partial charge in [-0.25, -0.2) is 8.42 Å². The van der Waals surface area contributed by atoms with Gasteiger partial charge in [0.1, 0.15) is 9.84 Å². The molecule has 1 rings (SSSR count). The molecule has 1 aliphatic heterocycles. The van der Waals surface area contributed by atoms with E-state index in [1.807, 2.05) is 0 Å². The van der Waals surface area contributed by atoms with Gasteiger partial charge in [0.15, 0.2) is 0 Å². The van der Waals surface area contributed by atoms with Crippen molar-refractivity contribution >= 4 is 9.84 Å². The minimum Gasteiger partial charge on any atom is -0.395 e. The lowest BCUT2D eigenvalue weighted by Crippen LogP contribution is -2.36. The lowest BCUT2D eigenvalue weighted by molar-refractivity contribution is 0.140. The maximum atomic E-state index is 11.0. The highest BCUT2D eigenvalue weighted by molar-refractivity contribution is 7.90. The SMILES string of the molecule is CC1CCN(CCCS(C)(=O)=O)C1CO. The Hall–Kier alpha value is -0.130. The maximum Gasteiger partial charge on any atom is 0.147 e. The molecule has 0 aliphatic carbocycles. The smallest absolute Gasteiger partial charge is 0.147 e. The molecule has 2 atom stereocenters. The molecule has 0 bridgehead atoms. The van der Waals surface area contributed by atoms with E-state index in [0.717, 1.165) is 19.5 Å². The Morgan fingerprint density at radius 3 is 2.67 bits per heavy atom. The van der Waals surface area contributed by atoms with Gasteiger partial charge in [-0.3, -0.25) is 4.90 Å². The summed E-state index contributed by atoms with van der Waals surface area (Å²) >= 11 is 0. The molecule has 90 valence electrons. The molecule has 0 amide bonds. The van der Waals surface area contributed by atoms with Crippen LogP contribution in [-0.2, 0) is 9.84 Å². The molecule has 0 radical (unpaired) electrons. The van der Waals surface area contributed by atoms with E-state index < -0.39 is 9.84 Å². The molecule has 5 heteroatoms. The summed E-state index contributed by atoms with van der Waals surface area (Å²) in [6.07, 6.45) is 3.04. The van der Waals surface area contributed by atoms with E-state index in [1.54, 1.807) is 0 Å². The van der Waals surface area contributed by atoms with Crippen LogP contribution in [0.4, 0.5) is 0 Å². The van der Waals surface area contributed by atoms with Gasteiger partial charge in [0.2, 0.25) is 0 Å². The Morgan fingerprint density at radius 1 is 1.47 bits per heavy atom. The van der Waals surface area contributed by atoms with Gasteiger partial charge in [-0.1, -0.05) is 6.92 Å².